The molecule has 0 bridgehead atoms. The number of nitrogens with zero attached hydrogens (tertiary/aromatic N) is 4. The third-order valence-corrected chi connectivity index (χ3v) is 5.84. The van der Waals surface area contributed by atoms with Gasteiger partial charge in [-0.15, -0.1) is 0 Å². The number of methoxy groups -OCH3 is 2. The van der Waals surface area contributed by atoms with E-state index < -0.39 is 5.82 Å². The number of halogens is 2. The molecule has 2 aromatic carbocycles. The Morgan fingerprint density at radius 2 is 1.24 bits per heavy atom. The predicted octanol–water partition coefficient (Wildman–Crippen LogP) is 4.81. The number of aldehydes is 2. The predicted molar refractivity (Wildman–Crippen MR) is 125 cm³/mol. The van der Waals surface area contributed by atoms with Crippen molar-refractivity contribution in [2.45, 2.75) is 0 Å². The molecule has 0 aliphatic carbocycles. The normalized spacial score (nSPS) is 10.6. The number of ether oxygens (including phenoxy) is 2. The van der Waals surface area contributed by atoms with Crippen molar-refractivity contribution < 1.29 is 23.5 Å². The van der Waals surface area contributed by atoms with Crippen LogP contribution in [0.4, 0.5) is 4.39 Å². The average molecular weight is 523 g/mol. The van der Waals surface area contributed by atoms with Crippen LogP contribution in [0.5, 0.6) is 11.8 Å². The highest BCUT2D eigenvalue weighted by molar-refractivity contribution is 9.10. The Morgan fingerprint density at radius 3 is 1.76 bits per heavy atom. The smallest absolute Gasteiger partial charge is 0.243 e. The molecule has 0 aliphatic rings. The van der Waals surface area contributed by atoms with Crippen LogP contribution in [0, 0.1) is 5.82 Å². The molecule has 0 spiro atoms. The van der Waals surface area contributed by atoms with E-state index in [2.05, 4.69) is 35.9 Å². The number of hydrogen-bond acceptors (Lipinski definition) is 8. The van der Waals surface area contributed by atoms with Crippen molar-refractivity contribution in [3.63, 3.8) is 0 Å². The van der Waals surface area contributed by atoms with Crippen molar-refractivity contribution in [1.29, 1.82) is 0 Å². The molecule has 0 unspecified atom stereocenters. The molecule has 34 heavy (non-hydrogen) atoms. The first kappa shape index (κ1) is 23.1. The molecule has 170 valence electrons. The molecule has 0 aliphatic heterocycles. The van der Waals surface area contributed by atoms with Crippen LogP contribution in [0.25, 0.3) is 33.6 Å². The van der Waals surface area contributed by atoms with Gasteiger partial charge in [0.25, 0.3) is 0 Å². The fourth-order valence-corrected chi connectivity index (χ4v) is 4.04. The Bertz CT molecular complexity index is 1310. The molecule has 0 fully saturated rings. The number of hydrogen-bond donors (Lipinski definition) is 0. The summed E-state index contributed by atoms with van der Waals surface area (Å²) >= 11 is 3.56. The lowest BCUT2D eigenvalue weighted by Crippen LogP contribution is -2.01. The van der Waals surface area contributed by atoms with Gasteiger partial charge in [0.05, 0.1) is 38.0 Å². The molecule has 10 heteroatoms. The van der Waals surface area contributed by atoms with Gasteiger partial charge in [0.1, 0.15) is 5.82 Å². The summed E-state index contributed by atoms with van der Waals surface area (Å²) in [7, 11) is 2.75. The second-order valence-corrected chi connectivity index (χ2v) is 7.66. The Balaban J connectivity index is 1.83. The zero-order valence-electron chi connectivity index (χ0n) is 18.0. The minimum absolute atomic E-state index is 0.00627. The summed E-state index contributed by atoms with van der Waals surface area (Å²) in [6, 6.07) is 10.2. The second-order valence-electron chi connectivity index (χ2n) is 6.87. The molecule has 2 aromatic heterocycles. The molecular formula is C24H16BrFN4O4. The summed E-state index contributed by atoms with van der Waals surface area (Å²) in [6.07, 6.45) is 3.84. The standard InChI is InChI=1S/C24H16BrFN4O4/c1-33-23-19(11-31)27-9-17(29-23)15-7-3-5-13(21(15)25)14-6-4-8-16(22(14)26)18-10-28-20(12-32)24(30-18)34-2/h3-12H,1-2H3. The van der Waals surface area contributed by atoms with Crippen LogP contribution < -0.4 is 9.47 Å². The van der Waals surface area contributed by atoms with Crippen molar-refractivity contribution in [1.82, 2.24) is 19.9 Å². The molecule has 4 rings (SSSR count). The van der Waals surface area contributed by atoms with Gasteiger partial charge in [-0.3, -0.25) is 9.59 Å². The zero-order chi connectivity index (χ0) is 24.2. The van der Waals surface area contributed by atoms with E-state index in [1.54, 1.807) is 36.4 Å². The summed E-state index contributed by atoms with van der Waals surface area (Å²) in [5, 5.41) is 0. The zero-order valence-corrected chi connectivity index (χ0v) is 19.5. The molecule has 0 saturated carbocycles. The van der Waals surface area contributed by atoms with Crippen LogP contribution in [-0.4, -0.2) is 46.7 Å². The highest BCUT2D eigenvalue weighted by Gasteiger charge is 2.19. The molecular weight excluding hydrogens is 507 g/mol. The van der Waals surface area contributed by atoms with E-state index in [-0.39, 0.29) is 34.4 Å². The lowest BCUT2D eigenvalue weighted by Gasteiger charge is -2.13. The van der Waals surface area contributed by atoms with E-state index in [0.717, 1.165) is 0 Å². The minimum Gasteiger partial charge on any atom is -0.479 e. The summed E-state index contributed by atoms with van der Waals surface area (Å²) in [5.41, 5.74) is 2.43. The lowest BCUT2D eigenvalue weighted by atomic mass is 9.98. The van der Waals surface area contributed by atoms with Gasteiger partial charge in [0.15, 0.2) is 24.0 Å². The maximum atomic E-state index is 15.7. The maximum absolute atomic E-state index is 15.7. The Labute approximate surface area is 202 Å². The van der Waals surface area contributed by atoms with Gasteiger partial charge >= 0.3 is 0 Å². The molecule has 0 atom stereocenters. The molecule has 4 aromatic rings. The van der Waals surface area contributed by atoms with Crippen molar-refractivity contribution >= 4 is 28.5 Å². The second kappa shape index (κ2) is 9.84. The van der Waals surface area contributed by atoms with Crippen molar-refractivity contribution in [3.05, 3.63) is 70.5 Å². The van der Waals surface area contributed by atoms with E-state index in [4.69, 9.17) is 9.47 Å². The average Bonchev–Trinajstić information content (AvgIpc) is 2.88. The molecule has 0 radical (unpaired) electrons. The van der Waals surface area contributed by atoms with E-state index in [1.807, 2.05) is 0 Å². The molecule has 8 nitrogen and oxygen atoms in total. The van der Waals surface area contributed by atoms with Gasteiger partial charge < -0.3 is 9.47 Å². The fourth-order valence-electron chi connectivity index (χ4n) is 3.36. The molecule has 0 saturated heterocycles. The fraction of sp³-hybridized carbons (Fsp3) is 0.0833. The van der Waals surface area contributed by atoms with Crippen LogP contribution >= 0.6 is 15.9 Å². The number of rotatable bonds is 7. The first-order chi connectivity index (χ1) is 16.5. The summed E-state index contributed by atoms with van der Waals surface area (Å²) in [4.78, 5) is 38.9. The minimum atomic E-state index is -0.532. The lowest BCUT2D eigenvalue weighted by molar-refractivity contribution is 0.110. The largest absolute Gasteiger partial charge is 0.479 e. The Morgan fingerprint density at radius 1 is 0.765 bits per heavy atom. The quantitative estimate of drug-likeness (QED) is 0.318. The molecule has 0 amide bonds. The number of benzene rings is 2. The van der Waals surface area contributed by atoms with Crippen LogP contribution in [0.1, 0.15) is 21.0 Å². The highest BCUT2D eigenvalue weighted by Crippen LogP contribution is 2.39. The van der Waals surface area contributed by atoms with Crippen molar-refractivity contribution in [3.8, 4) is 45.4 Å². The topological polar surface area (TPSA) is 104 Å². The first-order valence-corrected chi connectivity index (χ1v) is 10.6. The monoisotopic (exact) mass is 522 g/mol. The van der Waals surface area contributed by atoms with Gasteiger partial charge in [-0.1, -0.05) is 30.3 Å². The van der Waals surface area contributed by atoms with Crippen LogP contribution in [0.15, 0.2) is 53.3 Å². The van der Waals surface area contributed by atoms with Gasteiger partial charge in [-0.05, 0) is 27.6 Å². The van der Waals surface area contributed by atoms with Gasteiger partial charge in [-0.25, -0.2) is 24.3 Å². The number of carbonyl (C=O) groups is 2. The van der Waals surface area contributed by atoms with Gasteiger partial charge in [-0.2, -0.15) is 0 Å². The molecule has 2 heterocycles. The number of aromatic nitrogens is 4. The summed E-state index contributed by atoms with van der Waals surface area (Å²) in [5.74, 6) is -0.438. The maximum Gasteiger partial charge on any atom is 0.243 e. The SMILES string of the molecule is COc1nc(-c2cccc(-c3cccc(-c4cnc(C=O)c(OC)n4)c3Br)c2F)cnc1C=O. The highest BCUT2D eigenvalue weighted by atomic mass is 79.9. The summed E-state index contributed by atoms with van der Waals surface area (Å²) in [6.45, 7) is 0. The van der Waals surface area contributed by atoms with E-state index in [1.165, 1.54) is 26.6 Å². The van der Waals surface area contributed by atoms with Crippen molar-refractivity contribution in [2.75, 3.05) is 14.2 Å². The third-order valence-electron chi connectivity index (χ3n) is 4.98. The van der Waals surface area contributed by atoms with Gasteiger partial charge in [0, 0.05) is 21.2 Å². The summed E-state index contributed by atoms with van der Waals surface area (Å²) < 4.78 is 26.5. The first-order valence-electron chi connectivity index (χ1n) is 9.82. The Hall–Kier alpha value is -4.05. The Kier molecular flexibility index (Phi) is 6.69. The van der Waals surface area contributed by atoms with Gasteiger partial charge in [0.2, 0.25) is 11.8 Å². The van der Waals surface area contributed by atoms with Crippen molar-refractivity contribution in [2.24, 2.45) is 0 Å². The molecule has 0 N–H and O–H groups in total. The van der Waals surface area contributed by atoms with Crippen LogP contribution in [0.3, 0.4) is 0 Å². The van der Waals surface area contributed by atoms with E-state index in [9.17, 15) is 9.59 Å². The van der Waals surface area contributed by atoms with Crippen LogP contribution in [0.2, 0.25) is 0 Å². The number of carbonyl (C=O) groups excluding carboxylic acids is 2. The van der Waals surface area contributed by atoms with E-state index >= 15 is 4.39 Å². The third kappa shape index (κ3) is 4.15. The van der Waals surface area contributed by atoms with E-state index in [0.29, 0.717) is 39.4 Å². The van der Waals surface area contributed by atoms with Crippen LogP contribution in [-0.2, 0) is 0 Å².